The van der Waals surface area contributed by atoms with Crippen LogP contribution >= 0.6 is 11.6 Å². The van der Waals surface area contributed by atoms with E-state index < -0.39 is 11.6 Å². The zero-order chi connectivity index (χ0) is 63.8. The van der Waals surface area contributed by atoms with Crippen molar-refractivity contribution in [2.45, 2.75) is 172 Å². The number of amides is 3. The van der Waals surface area contributed by atoms with Crippen LogP contribution in [0, 0.1) is 66.0 Å². The summed E-state index contributed by atoms with van der Waals surface area (Å²) in [5.41, 5.74) is 15.8. The quantitative estimate of drug-likeness (QED) is 0.150. The van der Waals surface area contributed by atoms with E-state index in [0.717, 1.165) is 142 Å². The summed E-state index contributed by atoms with van der Waals surface area (Å²) in [6.07, 6.45) is 8.07. The first-order chi connectivity index (χ1) is 42.3. The number of piperidine rings is 1. The molecule has 13 nitrogen and oxygen atoms in total. The van der Waals surface area contributed by atoms with Gasteiger partial charge in [0.2, 0.25) is 17.7 Å². The number of aliphatic imine (C=N–C) groups is 2. The van der Waals surface area contributed by atoms with Crippen LogP contribution in [-0.4, -0.2) is 82.6 Å². The fourth-order valence-electron chi connectivity index (χ4n) is 12.1. The molecular weight excluding hydrogens is 1130 g/mol. The number of piperazine rings is 1. The molecule has 12 rings (SSSR count). The van der Waals surface area contributed by atoms with E-state index in [1.54, 1.807) is 18.7 Å². The van der Waals surface area contributed by atoms with Crippen LogP contribution in [-0.2, 0) is 20.8 Å². The number of carbonyl (C=O) groups excluding carboxylic acids is 3. The molecule has 3 unspecified atom stereocenters. The molecule has 1 saturated carbocycles. The Balaban J connectivity index is 0.000000195. The minimum Gasteiger partial charge on any atom is -0.368 e. The van der Waals surface area contributed by atoms with Gasteiger partial charge in [-0.2, -0.15) is 0 Å². The summed E-state index contributed by atoms with van der Waals surface area (Å²) < 4.78 is 37.6. The summed E-state index contributed by atoms with van der Waals surface area (Å²) in [7, 11) is 0. The molecule has 1 N–H and O–H groups in total. The molecule has 7 aromatic rings. The zero-order valence-electron chi connectivity index (χ0n) is 53.8. The van der Waals surface area contributed by atoms with E-state index in [0.29, 0.717) is 55.9 Å². The van der Waals surface area contributed by atoms with E-state index in [4.69, 9.17) is 30.6 Å². The number of carbonyl (C=O) groups is 3. The predicted octanol–water partition coefficient (Wildman–Crippen LogP) is 16.8. The highest BCUT2D eigenvalue weighted by Crippen LogP contribution is 2.47. The van der Waals surface area contributed by atoms with Gasteiger partial charge in [0.15, 0.2) is 11.6 Å². The van der Waals surface area contributed by atoms with E-state index in [1.807, 2.05) is 99.3 Å². The lowest BCUT2D eigenvalue weighted by Crippen LogP contribution is -2.49. The zero-order valence-corrected chi connectivity index (χ0v) is 54.5. The molecule has 1 aliphatic carbocycles. The molecule has 3 fully saturated rings. The van der Waals surface area contributed by atoms with Crippen molar-refractivity contribution in [2.75, 3.05) is 36.0 Å². The highest BCUT2D eigenvalue weighted by Gasteiger charge is 2.41. The number of para-hydroxylation sites is 2. The third-order valence-electron chi connectivity index (χ3n) is 17.3. The number of rotatable bonds is 9. The highest BCUT2D eigenvalue weighted by molar-refractivity contribution is 6.31. The molecule has 2 aromatic heterocycles. The standard InChI is InChI=1S/C31H30F2N4O2.C25H29ClN2O.2C6H9NO.2C2H6/c1-20(38)35-15-17-36(18-16-35)22-11-9-21(10-12-22)30-24-5-2-3-6-27(24)34-31(30)28-7-4-8-29(39)37(28)23-13-14-25(32)26(33)19-23;1-16-7-8-18(15-22(16)26)9-14-24-25(21-5-3-4-6-23(21)28-24)19-10-12-20(13-11-19)27-17(2)29;2*1-4-5(2)7-8-6(4)3;2*1-2/h2-3,5-6,9-14,19,28,30H,4,7-8,15-18H2,1H3;3-8,15,19-20,25H,9-14H2,1-2H3,(H,27,29);2*1-3H3;2*1-2H3. The van der Waals surface area contributed by atoms with Crippen LogP contribution in [0.4, 0.5) is 31.5 Å². The molecule has 0 radical (unpaired) electrons. The van der Waals surface area contributed by atoms with Gasteiger partial charge in [-0.3, -0.25) is 24.4 Å². The van der Waals surface area contributed by atoms with Crippen molar-refractivity contribution in [3.8, 4) is 0 Å². The fraction of sp³-hybridized carbons (Fsp3) is 0.431. The maximum atomic E-state index is 14.2. The number of aryl methyl sites for hydroxylation is 6. The molecule has 3 atom stereocenters. The summed E-state index contributed by atoms with van der Waals surface area (Å²) in [5.74, 6) is 0.847. The first kappa shape index (κ1) is 67.7. The summed E-state index contributed by atoms with van der Waals surface area (Å²) in [5, 5.41) is 11.4. The second-order valence-corrected chi connectivity index (χ2v) is 23.2. The van der Waals surface area contributed by atoms with E-state index in [9.17, 15) is 23.2 Å². The summed E-state index contributed by atoms with van der Waals surface area (Å²) in [6.45, 7) is 27.9. The van der Waals surface area contributed by atoms with Crippen LogP contribution in [0.1, 0.15) is 167 Å². The van der Waals surface area contributed by atoms with Gasteiger partial charge in [0.05, 0.1) is 40.4 Å². The van der Waals surface area contributed by atoms with Crippen molar-refractivity contribution in [1.82, 2.24) is 20.5 Å². The number of fused-ring (bicyclic) bond motifs is 2. The largest absolute Gasteiger partial charge is 0.368 e. The van der Waals surface area contributed by atoms with Crippen molar-refractivity contribution in [3.05, 3.63) is 188 Å². The van der Waals surface area contributed by atoms with Crippen molar-refractivity contribution < 1.29 is 32.2 Å². The molecule has 16 heteroatoms. The molecule has 0 spiro atoms. The summed E-state index contributed by atoms with van der Waals surface area (Å²) in [6, 6.07) is 35.0. The number of nitrogens with zero attached hydrogens (tertiary/aromatic N) is 7. The number of nitrogens with one attached hydrogen (secondary N) is 1. The van der Waals surface area contributed by atoms with Crippen molar-refractivity contribution >= 4 is 63.5 Å². The van der Waals surface area contributed by atoms with Crippen LogP contribution in [0.15, 0.2) is 128 Å². The third-order valence-corrected chi connectivity index (χ3v) is 17.7. The summed E-state index contributed by atoms with van der Waals surface area (Å²) >= 11 is 6.32. The Hall–Kier alpha value is -7.78. The van der Waals surface area contributed by atoms with Crippen LogP contribution in [0.25, 0.3) is 0 Å². The Morgan fingerprint density at radius 2 is 1.23 bits per heavy atom. The first-order valence-electron chi connectivity index (χ1n) is 31.4. The Kier molecular flexibility index (Phi) is 24.6. The van der Waals surface area contributed by atoms with Gasteiger partial charge in [0.1, 0.15) is 11.5 Å². The number of hydrogen-bond donors (Lipinski definition) is 1. The highest BCUT2D eigenvalue weighted by atomic mass is 35.5. The van der Waals surface area contributed by atoms with Gasteiger partial charge in [0.25, 0.3) is 0 Å². The van der Waals surface area contributed by atoms with E-state index in [2.05, 4.69) is 93.3 Å². The monoisotopic (exact) mass is 1220 g/mol. The number of hydrogen-bond acceptors (Lipinski definition) is 10. The Bertz CT molecular complexity index is 3460. The van der Waals surface area contributed by atoms with Crippen molar-refractivity contribution in [3.63, 3.8) is 0 Å². The number of benzene rings is 5. The smallest absolute Gasteiger partial charge is 0.227 e. The summed E-state index contributed by atoms with van der Waals surface area (Å²) in [4.78, 5) is 52.1. The Morgan fingerprint density at radius 1 is 0.648 bits per heavy atom. The topological polar surface area (TPSA) is 150 Å². The van der Waals surface area contributed by atoms with Crippen molar-refractivity contribution in [2.24, 2.45) is 15.9 Å². The lowest BCUT2D eigenvalue weighted by molar-refractivity contribution is -0.129. The Labute approximate surface area is 525 Å². The van der Waals surface area contributed by atoms with Gasteiger partial charge in [-0.05, 0) is 176 Å². The van der Waals surface area contributed by atoms with Crippen LogP contribution in [0.5, 0.6) is 0 Å². The van der Waals surface area contributed by atoms with E-state index >= 15 is 0 Å². The molecule has 2 saturated heterocycles. The van der Waals surface area contributed by atoms with E-state index in [-0.39, 0.29) is 29.7 Å². The minimum absolute atomic E-state index is 0.0821. The van der Waals surface area contributed by atoms with Gasteiger partial charge < -0.3 is 29.1 Å². The SMILES string of the molecule is CC.CC.CC(=O)N1CCN(c2ccc(C3C(C4CCCC(=O)N4c4ccc(F)c(F)c4)=Nc4ccccc43)cc2)CC1.CC(=O)NC1CCC(C2C(CCc3ccc(C)c(Cl)c3)=Nc3ccccc32)CC1.Cc1noc(C)c1C.Cc1noc(C)c1C. The average molecular weight is 1220 g/mol. The average Bonchev–Trinajstić information content (AvgIpc) is 1.67. The molecule has 0 bridgehead atoms. The van der Waals surface area contributed by atoms with Crippen LogP contribution < -0.4 is 15.1 Å². The van der Waals surface area contributed by atoms with Gasteiger partial charge in [0, 0.05) is 97.7 Å². The predicted molar refractivity (Wildman–Crippen MR) is 352 cm³/mol. The first-order valence-corrected chi connectivity index (χ1v) is 31.7. The van der Waals surface area contributed by atoms with Gasteiger partial charge in [-0.1, -0.05) is 110 Å². The normalized spacial score (nSPS) is 19.0. The number of anilines is 2. The lowest BCUT2D eigenvalue weighted by atomic mass is 9.73. The van der Waals surface area contributed by atoms with E-state index in [1.165, 1.54) is 22.9 Å². The Morgan fingerprint density at radius 3 is 1.76 bits per heavy atom. The fourth-order valence-corrected chi connectivity index (χ4v) is 12.3. The van der Waals surface area contributed by atoms with Gasteiger partial charge in [-0.25, -0.2) is 8.78 Å². The second-order valence-electron chi connectivity index (χ2n) is 22.8. The van der Waals surface area contributed by atoms with Gasteiger partial charge >= 0.3 is 0 Å². The molecule has 4 aliphatic heterocycles. The molecule has 5 aliphatic rings. The maximum Gasteiger partial charge on any atom is 0.227 e. The molecule has 5 aromatic carbocycles. The van der Waals surface area contributed by atoms with Crippen LogP contribution in [0.3, 0.4) is 0 Å². The minimum atomic E-state index is -0.974. The van der Waals surface area contributed by atoms with Crippen LogP contribution in [0.2, 0.25) is 5.02 Å². The van der Waals surface area contributed by atoms with Crippen molar-refractivity contribution in [1.29, 1.82) is 0 Å². The molecule has 468 valence electrons. The number of halogens is 3. The third kappa shape index (κ3) is 16.7. The molecule has 3 amide bonds. The maximum absolute atomic E-state index is 14.2. The second kappa shape index (κ2) is 31.9. The molecular formula is C72H89ClF2N8O5. The van der Waals surface area contributed by atoms with Gasteiger partial charge in [-0.15, -0.1) is 0 Å². The number of aromatic nitrogens is 2. The molecule has 6 heterocycles. The lowest BCUT2D eigenvalue weighted by Gasteiger charge is -2.38. The molecule has 88 heavy (non-hydrogen) atoms.